The Balaban J connectivity index is 1.32. The Morgan fingerprint density at radius 2 is 1.25 bits per heavy atom. The first kappa shape index (κ1) is 35.3. The number of hydrogen-bond donors (Lipinski definition) is 0. The summed E-state index contributed by atoms with van der Waals surface area (Å²) in [5.74, 6) is 1.46. The molecule has 2 atom stereocenters. The maximum absolute atomic E-state index is 9.76. The van der Waals surface area contributed by atoms with Crippen LogP contribution in [0, 0.1) is 17.2 Å². The van der Waals surface area contributed by atoms with Crippen molar-refractivity contribution in [2.24, 2.45) is 5.92 Å². The molecule has 0 N–H and O–H groups in total. The highest BCUT2D eigenvalue weighted by molar-refractivity contribution is 6.28. The first-order valence-electron chi connectivity index (χ1n) is 20.7. The van der Waals surface area contributed by atoms with Crippen LogP contribution in [0.5, 0.6) is 0 Å². The monoisotopic (exact) mass is 716 g/mol. The zero-order chi connectivity index (χ0) is 38.0. The van der Waals surface area contributed by atoms with Gasteiger partial charge in [-0.05, 0) is 153 Å². The summed E-state index contributed by atoms with van der Waals surface area (Å²) in [5, 5.41) is 17.9. The number of nitriles is 1. The van der Waals surface area contributed by atoms with Gasteiger partial charge in [0.1, 0.15) is 0 Å². The number of benzene rings is 6. The fourth-order valence-corrected chi connectivity index (χ4v) is 10.1. The second-order valence-corrected chi connectivity index (χ2v) is 16.9. The van der Waals surface area contributed by atoms with Crippen LogP contribution in [0.15, 0.2) is 126 Å². The largest absolute Gasteiger partial charge is 0.310 e. The Kier molecular flexibility index (Phi) is 9.01. The van der Waals surface area contributed by atoms with Gasteiger partial charge in [-0.1, -0.05) is 126 Å². The van der Waals surface area contributed by atoms with E-state index in [0.29, 0.717) is 29.2 Å². The summed E-state index contributed by atoms with van der Waals surface area (Å²) >= 11 is 0. The molecule has 274 valence electrons. The van der Waals surface area contributed by atoms with Crippen molar-refractivity contribution < 1.29 is 0 Å². The molecule has 0 fully saturated rings. The van der Waals surface area contributed by atoms with Crippen molar-refractivity contribution >= 4 is 49.4 Å². The number of hydrogen-bond acceptors (Lipinski definition) is 2. The third-order valence-corrected chi connectivity index (χ3v) is 13.1. The molecule has 6 aromatic carbocycles. The molecule has 0 aliphatic heterocycles. The van der Waals surface area contributed by atoms with Gasteiger partial charge >= 0.3 is 0 Å². The smallest absolute Gasteiger partial charge is 0.0991 e. The number of rotatable bonds is 8. The van der Waals surface area contributed by atoms with Gasteiger partial charge in [-0.3, -0.25) is 0 Å². The lowest BCUT2D eigenvalue weighted by Crippen LogP contribution is -2.19. The highest BCUT2D eigenvalue weighted by atomic mass is 15.2. The maximum Gasteiger partial charge on any atom is 0.0991 e. The van der Waals surface area contributed by atoms with Crippen LogP contribution in [0.1, 0.15) is 125 Å². The van der Waals surface area contributed by atoms with Crippen molar-refractivity contribution in [2.45, 2.75) is 97.8 Å². The van der Waals surface area contributed by atoms with Crippen LogP contribution < -0.4 is 4.90 Å². The molecular weight excluding hydrogens is 665 g/mol. The normalized spacial score (nSPS) is 16.7. The second kappa shape index (κ2) is 14.0. The molecule has 3 aliphatic rings. The van der Waals surface area contributed by atoms with E-state index in [1.807, 2.05) is 12.1 Å². The van der Waals surface area contributed by atoms with Crippen LogP contribution in [0.25, 0.3) is 38.0 Å². The minimum atomic E-state index is 0.325. The van der Waals surface area contributed by atoms with Gasteiger partial charge in [0.25, 0.3) is 0 Å². The molecule has 6 aromatic rings. The van der Waals surface area contributed by atoms with Gasteiger partial charge in [0.2, 0.25) is 0 Å². The predicted molar refractivity (Wildman–Crippen MR) is 235 cm³/mol. The number of anilines is 2. The SMILES string of the molecule is CC(C)c1cc(C(C)[C@@H](C)C2=CCCC3=C2C=CCC3)c2ccc3c(C(C)C)cc(N(C4=CCCc5ccccc54)c4ccc(C#N)cc4)c4ccc1c2c34. The first-order chi connectivity index (χ1) is 26.7. The van der Waals surface area contributed by atoms with Crippen molar-refractivity contribution in [3.05, 3.63) is 159 Å². The summed E-state index contributed by atoms with van der Waals surface area (Å²) in [6.07, 6.45) is 16.6. The lowest BCUT2D eigenvalue weighted by atomic mass is 9.73. The van der Waals surface area contributed by atoms with Gasteiger partial charge in [0.05, 0.1) is 17.3 Å². The lowest BCUT2D eigenvalue weighted by Gasteiger charge is -2.34. The Morgan fingerprint density at radius 3 is 1.98 bits per heavy atom. The predicted octanol–water partition coefficient (Wildman–Crippen LogP) is 14.9. The molecule has 0 saturated heterocycles. The van der Waals surface area contributed by atoms with E-state index in [2.05, 4.69) is 150 Å². The Morgan fingerprint density at radius 1 is 0.618 bits per heavy atom. The van der Waals surface area contributed by atoms with Crippen molar-refractivity contribution in [3.63, 3.8) is 0 Å². The van der Waals surface area contributed by atoms with Gasteiger partial charge in [-0.15, -0.1) is 0 Å². The molecule has 1 unspecified atom stereocenters. The average Bonchev–Trinajstić information content (AvgIpc) is 3.22. The lowest BCUT2D eigenvalue weighted by molar-refractivity contribution is 0.561. The molecule has 0 aromatic heterocycles. The van der Waals surface area contributed by atoms with Crippen molar-refractivity contribution in [3.8, 4) is 6.07 Å². The number of aryl methyl sites for hydroxylation is 1. The highest BCUT2D eigenvalue weighted by Crippen LogP contribution is 2.51. The molecular formula is C53H52N2. The fraction of sp³-hybridized carbons (Fsp3) is 0.302. The zero-order valence-electron chi connectivity index (χ0n) is 33.3. The van der Waals surface area contributed by atoms with E-state index < -0.39 is 0 Å². The minimum Gasteiger partial charge on any atom is -0.310 e. The average molecular weight is 717 g/mol. The van der Waals surface area contributed by atoms with E-state index in [0.717, 1.165) is 24.9 Å². The quantitative estimate of drug-likeness (QED) is 0.147. The molecule has 0 bridgehead atoms. The summed E-state index contributed by atoms with van der Waals surface area (Å²) in [5.41, 5.74) is 15.8. The Labute approximate surface area is 327 Å². The summed E-state index contributed by atoms with van der Waals surface area (Å²) in [4.78, 5) is 2.49. The van der Waals surface area contributed by atoms with Crippen LogP contribution in [0.3, 0.4) is 0 Å². The maximum atomic E-state index is 9.76. The van der Waals surface area contributed by atoms with Gasteiger partial charge in [0.15, 0.2) is 0 Å². The van der Waals surface area contributed by atoms with Crippen LogP contribution in [-0.4, -0.2) is 0 Å². The summed E-state index contributed by atoms with van der Waals surface area (Å²) in [6, 6.07) is 34.2. The molecule has 9 rings (SSSR count). The van der Waals surface area contributed by atoms with Gasteiger partial charge < -0.3 is 4.90 Å². The van der Waals surface area contributed by atoms with E-state index in [-0.39, 0.29) is 0 Å². The van der Waals surface area contributed by atoms with Crippen LogP contribution >= 0.6 is 0 Å². The minimum absolute atomic E-state index is 0.325. The molecule has 0 radical (unpaired) electrons. The van der Waals surface area contributed by atoms with E-state index in [4.69, 9.17) is 0 Å². The van der Waals surface area contributed by atoms with Crippen molar-refractivity contribution in [2.75, 3.05) is 4.90 Å². The summed E-state index contributed by atoms with van der Waals surface area (Å²) in [6.45, 7) is 14.4. The van der Waals surface area contributed by atoms with E-state index in [1.165, 1.54) is 96.4 Å². The fourth-order valence-electron chi connectivity index (χ4n) is 10.1. The second-order valence-electron chi connectivity index (χ2n) is 16.9. The molecule has 0 spiro atoms. The topological polar surface area (TPSA) is 27.0 Å². The molecule has 3 aliphatic carbocycles. The van der Waals surface area contributed by atoms with Crippen LogP contribution in [0.4, 0.5) is 11.4 Å². The van der Waals surface area contributed by atoms with Crippen LogP contribution in [-0.2, 0) is 6.42 Å². The van der Waals surface area contributed by atoms with Crippen molar-refractivity contribution in [1.82, 2.24) is 0 Å². The zero-order valence-corrected chi connectivity index (χ0v) is 33.3. The van der Waals surface area contributed by atoms with Gasteiger partial charge in [0, 0.05) is 22.3 Å². The van der Waals surface area contributed by atoms with E-state index >= 15 is 0 Å². The van der Waals surface area contributed by atoms with Crippen LogP contribution in [0.2, 0.25) is 0 Å². The highest BCUT2D eigenvalue weighted by Gasteiger charge is 2.30. The van der Waals surface area contributed by atoms with E-state index in [1.54, 1.807) is 11.1 Å². The first-order valence-corrected chi connectivity index (χ1v) is 20.7. The number of allylic oxidation sites excluding steroid dienone is 7. The summed E-state index contributed by atoms with van der Waals surface area (Å²) in [7, 11) is 0. The van der Waals surface area contributed by atoms with Gasteiger partial charge in [-0.2, -0.15) is 5.26 Å². The standard InChI is InChI=1S/C53H52N2/c1-32(2)47-29-49(35(6)34(5)40-19-11-15-37-13-7-9-17-41(37)40)45-26-25-44-48(33(3)4)30-51(46-28-27-43(47)52(45)53(44)46)55(39-23-21-36(31-54)22-24-39)50-20-12-16-38-14-8-10-18-42(38)50/h8-10,14,17-30,32-35H,7,11-13,15-16H2,1-6H3/t34-,35?/m1/s1. The molecule has 0 heterocycles. The number of fused-ring (bicyclic) bond motifs is 1. The molecule has 0 amide bonds. The Hall–Kier alpha value is -5.39. The van der Waals surface area contributed by atoms with Crippen molar-refractivity contribution in [1.29, 1.82) is 5.26 Å². The molecule has 55 heavy (non-hydrogen) atoms. The third-order valence-electron chi connectivity index (χ3n) is 13.1. The third kappa shape index (κ3) is 5.83. The Bertz CT molecular complexity index is 2630. The molecule has 2 heteroatoms. The van der Waals surface area contributed by atoms with Gasteiger partial charge in [-0.25, -0.2) is 0 Å². The molecule has 2 nitrogen and oxygen atoms in total. The summed E-state index contributed by atoms with van der Waals surface area (Å²) < 4.78 is 0. The number of nitrogens with zero attached hydrogens (tertiary/aromatic N) is 2. The van der Waals surface area contributed by atoms with E-state index in [9.17, 15) is 5.26 Å². The molecule has 0 saturated carbocycles.